The van der Waals surface area contributed by atoms with Gasteiger partial charge in [-0.15, -0.1) is 11.3 Å². The summed E-state index contributed by atoms with van der Waals surface area (Å²) >= 11 is 1.68. The summed E-state index contributed by atoms with van der Waals surface area (Å²) in [6, 6.07) is 8.21. The van der Waals surface area contributed by atoms with Crippen molar-refractivity contribution in [2.24, 2.45) is 17.2 Å². The van der Waals surface area contributed by atoms with Crippen molar-refractivity contribution in [1.29, 1.82) is 0 Å². The average molecular weight is 427 g/mol. The first-order valence-corrected chi connectivity index (χ1v) is 12.1. The molecule has 3 N–H and O–H groups in total. The quantitative estimate of drug-likeness (QED) is 0.447. The van der Waals surface area contributed by atoms with E-state index in [1.54, 1.807) is 11.3 Å². The second-order valence-electron chi connectivity index (χ2n) is 9.94. The number of carbonyl (C=O) groups is 1. The van der Waals surface area contributed by atoms with Gasteiger partial charge in [-0.1, -0.05) is 57.4 Å². The van der Waals surface area contributed by atoms with Gasteiger partial charge in [0, 0.05) is 22.8 Å². The molecule has 0 bridgehead atoms. The number of benzene rings is 1. The lowest BCUT2D eigenvalue weighted by Gasteiger charge is -2.29. The number of carboxylic acid groups (broad SMARTS) is 1. The van der Waals surface area contributed by atoms with Crippen LogP contribution in [0.15, 0.2) is 24.3 Å². The number of aromatic carboxylic acids is 1. The van der Waals surface area contributed by atoms with Gasteiger partial charge in [-0.2, -0.15) is 0 Å². The fourth-order valence-electron chi connectivity index (χ4n) is 5.20. The summed E-state index contributed by atoms with van der Waals surface area (Å²) in [5.74, 6) is 6.31. The fourth-order valence-corrected chi connectivity index (χ4v) is 6.57. The lowest BCUT2D eigenvalue weighted by atomic mass is 9.76. The van der Waals surface area contributed by atoms with Gasteiger partial charge >= 0.3 is 5.97 Å². The predicted molar refractivity (Wildman–Crippen MR) is 124 cm³/mol. The van der Waals surface area contributed by atoms with Crippen LogP contribution in [-0.4, -0.2) is 22.6 Å². The van der Waals surface area contributed by atoms with Crippen LogP contribution in [0.5, 0.6) is 0 Å². The highest BCUT2D eigenvalue weighted by Gasteiger charge is 2.33. The number of hydrogen-bond acceptors (Lipinski definition) is 4. The summed E-state index contributed by atoms with van der Waals surface area (Å²) in [5.41, 5.74) is 3.89. The second kappa shape index (κ2) is 8.81. The van der Waals surface area contributed by atoms with E-state index in [-0.39, 0.29) is 5.41 Å². The van der Waals surface area contributed by atoms with Gasteiger partial charge in [0.15, 0.2) is 0 Å². The zero-order valence-electron chi connectivity index (χ0n) is 18.2. The van der Waals surface area contributed by atoms with Crippen molar-refractivity contribution >= 4 is 17.3 Å². The summed E-state index contributed by atoms with van der Waals surface area (Å²) < 4.78 is 0. The van der Waals surface area contributed by atoms with Crippen molar-refractivity contribution in [3.8, 4) is 10.4 Å². The number of rotatable bonds is 6. The average Bonchev–Trinajstić information content (AvgIpc) is 3.06. The van der Waals surface area contributed by atoms with Crippen LogP contribution in [0.4, 0.5) is 0 Å². The van der Waals surface area contributed by atoms with E-state index >= 15 is 0 Å². The highest BCUT2D eigenvalue weighted by Crippen LogP contribution is 2.45. The molecule has 1 aromatic carbocycles. The molecule has 2 aliphatic rings. The highest BCUT2D eigenvalue weighted by molar-refractivity contribution is 7.16. The Kier molecular flexibility index (Phi) is 6.33. The van der Waals surface area contributed by atoms with Crippen LogP contribution in [-0.2, 0) is 19.4 Å². The monoisotopic (exact) mass is 426 g/mol. The molecule has 2 aliphatic carbocycles. The Bertz CT molecular complexity index is 912. The van der Waals surface area contributed by atoms with Crippen LogP contribution in [0.3, 0.4) is 0 Å². The number of thiophene rings is 1. The predicted octanol–water partition coefficient (Wildman–Crippen LogP) is 5.88. The van der Waals surface area contributed by atoms with Crippen LogP contribution < -0.4 is 5.84 Å². The van der Waals surface area contributed by atoms with E-state index in [1.165, 1.54) is 37.0 Å². The van der Waals surface area contributed by atoms with E-state index in [0.717, 1.165) is 47.4 Å². The van der Waals surface area contributed by atoms with E-state index in [9.17, 15) is 9.90 Å². The van der Waals surface area contributed by atoms with Gasteiger partial charge in [0.1, 0.15) is 0 Å². The highest BCUT2D eigenvalue weighted by atomic mass is 32.1. The van der Waals surface area contributed by atoms with Crippen molar-refractivity contribution in [1.82, 2.24) is 5.01 Å². The molecule has 0 radical (unpaired) electrons. The van der Waals surface area contributed by atoms with Crippen molar-refractivity contribution in [3.63, 3.8) is 0 Å². The molecule has 162 valence electrons. The van der Waals surface area contributed by atoms with Crippen LogP contribution in [0, 0.1) is 11.3 Å². The van der Waals surface area contributed by atoms with Gasteiger partial charge in [0.25, 0.3) is 0 Å². The van der Waals surface area contributed by atoms with E-state index < -0.39 is 5.97 Å². The Labute approximate surface area is 184 Å². The molecule has 1 fully saturated rings. The smallest absolute Gasteiger partial charge is 0.337 e. The molecule has 1 aromatic heterocycles. The summed E-state index contributed by atoms with van der Waals surface area (Å²) in [6.07, 6.45) is 9.44. The van der Waals surface area contributed by atoms with Crippen LogP contribution in [0.2, 0.25) is 0 Å². The molecule has 0 unspecified atom stereocenters. The molecule has 4 rings (SSSR count). The van der Waals surface area contributed by atoms with Gasteiger partial charge in [0.2, 0.25) is 0 Å². The molecular formula is C25H34N2O2S. The Balaban J connectivity index is 1.64. The molecule has 0 spiro atoms. The third kappa shape index (κ3) is 4.63. The lowest BCUT2D eigenvalue weighted by molar-refractivity contribution is 0.0696. The molecule has 0 saturated heterocycles. The molecular weight excluding hydrogens is 392 g/mol. The van der Waals surface area contributed by atoms with E-state index in [2.05, 4.69) is 26.0 Å². The van der Waals surface area contributed by atoms with Crippen molar-refractivity contribution in [2.45, 2.75) is 71.8 Å². The van der Waals surface area contributed by atoms with Gasteiger partial charge in [0.05, 0.1) is 5.56 Å². The van der Waals surface area contributed by atoms with Crippen LogP contribution in [0.25, 0.3) is 10.4 Å². The topological polar surface area (TPSA) is 66.6 Å². The zero-order chi connectivity index (χ0) is 21.3. The molecule has 0 atom stereocenters. The first kappa shape index (κ1) is 21.5. The standard InChI is InChI=1S/C25H34N2O2S/c1-25(2)13-12-21-20(14-25)22(24(28)29)23(30-21)19-11-7-6-10-18(19)16-27(26)15-17-8-4-3-5-9-17/h6-7,10-11,17H,3-5,8-9,12-16,26H2,1-2H3,(H,28,29). The number of hydrogen-bond donors (Lipinski definition) is 2. The number of hydrazine groups is 1. The summed E-state index contributed by atoms with van der Waals surface area (Å²) in [7, 11) is 0. The van der Waals surface area contributed by atoms with Gasteiger partial charge in [-0.25, -0.2) is 9.80 Å². The molecule has 1 saturated carbocycles. The molecule has 0 amide bonds. The summed E-state index contributed by atoms with van der Waals surface area (Å²) in [5, 5.41) is 12.0. The SMILES string of the molecule is CC1(C)CCc2sc(-c3ccccc3CN(N)CC3CCCCC3)c(C(=O)O)c2C1. The minimum Gasteiger partial charge on any atom is -0.478 e. The molecule has 1 heterocycles. The molecule has 2 aromatic rings. The second-order valence-corrected chi connectivity index (χ2v) is 11.0. The Morgan fingerprint density at radius 1 is 1.23 bits per heavy atom. The number of carboxylic acids is 1. The summed E-state index contributed by atoms with van der Waals surface area (Å²) in [6.45, 7) is 6.05. The van der Waals surface area contributed by atoms with Crippen molar-refractivity contribution in [3.05, 3.63) is 45.8 Å². The van der Waals surface area contributed by atoms with Gasteiger partial charge < -0.3 is 5.11 Å². The van der Waals surface area contributed by atoms with Gasteiger partial charge in [-0.3, -0.25) is 5.84 Å². The normalized spacial score (nSPS) is 19.1. The van der Waals surface area contributed by atoms with Crippen LogP contribution >= 0.6 is 11.3 Å². The van der Waals surface area contributed by atoms with E-state index in [0.29, 0.717) is 18.0 Å². The van der Waals surface area contributed by atoms with Gasteiger partial charge in [-0.05, 0) is 60.1 Å². The van der Waals surface area contributed by atoms with E-state index in [1.807, 2.05) is 17.1 Å². The maximum absolute atomic E-state index is 12.3. The maximum atomic E-state index is 12.3. The number of nitrogens with two attached hydrogens (primary N) is 1. The first-order chi connectivity index (χ1) is 14.3. The third-order valence-electron chi connectivity index (χ3n) is 6.84. The first-order valence-electron chi connectivity index (χ1n) is 11.3. The molecule has 0 aliphatic heterocycles. The Hall–Kier alpha value is -1.69. The molecule has 5 heteroatoms. The summed E-state index contributed by atoms with van der Waals surface area (Å²) in [4.78, 5) is 14.5. The zero-order valence-corrected chi connectivity index (χ0v) is 19.1. The maximum Gasteiger partial charge on any atom is 0.337 e. The lowest BCUT2D eigenvalue weighted by Crippen LogP contribution is -2.36. The molecule has 30 heavy (non-hydrogen) atoms. The number of fused-ring (bicyclic) bond motifs is 1. The Morgan fingerprint density at radius 3 is 2.70 bits per heavy atom. The minimum absolute atomic E-state index is 0.156. The Morgan fingerprint density at radius 2 is 1.97 bits per heavy atom. The minimum atomic E-state index is -0.804. The van der Waals surface area contributed by atoms with Crippen molar-refractivity contribution in [2.75, 3.05) is 6.54 Å². The van der Waals surface area contributed by atoms with E-state index in [4.69, 9.17) is 5.84 Å². The van der Waals surface area contributed by atoms with Crippen molar-refractivity contribution < 1.29 is 9.90 Å². The van der Waals surface area contributed by atoms with Crippen LogP contribution in [0.1, 0.15) is 78.7 Å². The fraction of sp³-hybridized carbons (Fsp3) is 0.560. The number of nitrogens with zero attached hydrogens (tertiary/aromatic N) is 1. The largest absolute Gasteiger partial charge is 0.478 e. The molecule has 4 nitrogen and oxygen atoms in total. The number of aryl methyl sites for hydroxylation is 1. The third-order valence-corrected chi connectivity index (χ3v) is 8.17.